The molecule has 0 radical (unpaired) electrons. The second-order valence-electron chi connectivity index (χ2n) is 3.13. The first kappa shape index (κ1) is 12.8. The van der Waals surface area contributed by atoms with Crippen LogP contribution in [0.2, 0.25) is 0 Å². The van der Waals surface area contributed by atoms with Gasteiger partial charge in [0.05, 0.1) is 7.14 Å². The van der Waals surface area contributed by atoms with E-state index in [1.807, 2.05) is 0 Å². The van der Waals surface area contributed by atoms with E-state index in [1.165, 1.54) is 12.0 Å². The zero-order valence-electron chi connectivity index (χ0n) is 7.26. The first-order chi connectivity index (χ1) is 6.18. The Morgan fingerprint density at radius 1 is 1.29 bits per heavy atom. The number of phenols is 1. The molecule has 2 N–H and O–H groups in total. The van der Waals surface area contributed by atoms with Crippen molar-refractivity contribution in [1.82, 2.24) is 5.32 Å². The molecular formula is C9H10ClI2NO. The van der Waals surface area contributed by atoms with Gasteiger partial charge in [-0.25, -0.2) is 0 Å². The second-order valence-corrected chi connectivity index (χ2v) is 5.45. The quantitative estimate of drug-likeness (QED) is 0.662. The SMILES string of the molecule is Cl.Oc1c(I)cc([C@H]2CCN2)cc1I. The van der Waals surface area contributed by atoms with Crippen molar-refractivity contribution in [3.8, 4) is 5.75 Å². The predicted molar refractivity (Wildman–Crippen MR) is 76.1 cm³/mol. The van der Waals surface area contributed by atoms with Crippen molar-refractivity contribution < 1.29 is 5.11 Å². The zero-order valence-corrected chi connectivity index (χ0v) is 12.4. The van der Waals surface area contributed by atoms with Crippen LogP contribution in [0.25, 0.3) is 0 Å². The standard InChI is InChI=1S/C9H9I2NO.ClH/c10-6-3-5(8-1-2-12-8)4-7(11)9(6)13;/h3-4,8,12-13H,1-2H2;1H/t8-;/m1./s1. The summed E-state index contributed by atoms with van der Waals surface area (Å²) < 4.78 is 1.88. The molecule has 2 nitrogen and oxygen atoms in total. The highest BCUT2D eigenvalue weighted by atomic mass is 127. The smallest absolute Gasteiger partial charge is 0.142 e. The van der Waals surface area contributed by atoms with E-state index in [0.717, 1.165) is 13.7 Å². The summed E-state index contributed by atoms with van der Waals surface area (Å²) in [5, 5.41) is 12.9. The first-order valence-corrected chi connectivity index (χ1v) is 6.25. The van der Waals surface area contributed by atoms with Crippen molar-refractivity contribution >= 4 is 57.6 Å². The molecule has 1 fully saturated rings. The van der Waals surface area contributed by atoms with E-state index >= 15 is 0 Å². The van der Waals surface area contributed by atoms with Crippen LogP contribution >= 0.6 is 57.6 Å². The minimum absolute atomic E-state index is 0. The van der Waals surface area contributed by atoms with Gasteiger partial charge >= 0.3 is 0 Å². The van der Waals surface area contributed by atoms with Gasteiger partial charge in [-0.3, -0.25) is 0 Å². The lowest BCUT2D eigenvalue weighted by Crippen LogP contribution is -2.34. The van der Waals surface area contributed by atoms with Gasteiger partial charge in [0.25, 0.3) is 0 Å². The molecule has 1 aromatic rings. The number of phenolic OH excluding ortho intramolecular Hbond substituents is 1. The predicted octanol–water partition coefficient (Wildman–Crippen LogP) is 3.06. The van der Waals surface area contributed by atoms with Crippen LogP contribution in [0.1, 0.15) is 18.0 Å². The average molecular weight is 437 g/mol. The summed E-state index contributed by atoms with van der Waals surface area (Å²) in [7, 11) is 0. The number of nitrogens with one attached hydrogen (secondary N) is 1. The van der Waals surface area contributed by atoms with Gasteiger partial charge in [-0.05, 0) is 75.8 Å². The van der Waals surface area contributed by atoms with Crippen LogP contribution in [0, 0.1) is 7.14 Å². The molecule has 0 aromatic heterocycles. The minimum Gasteiger partial charge on any atom is -0.506 e. The van der Waals surface area contributed by atoms with E-state index in [-0.39, 0.29) is 12.4 Å². The Kier molecular flexibility index (Phi) is 4.73. The molecule has 1 aromatic carbocycles. The molecule has 14 heavy (non-hydrogen) atoms. The monoisotopic (exact) mass is 437 g/mol. The van der Waals surface area contributed by atoms with Crippen LogP contribution in [0.5, 0.6) is 5.75 Å². The summed E-state index contributed by atoms with van der Waals surface area (Å²) in [6.45, 7) is 1.11. The van der Waals surface area contributed by atoms with Crippen LogP contribution in [0.3, 0.4) is 0 Å². The highest BCUT2D eigenvalue weighted by molar-refractivity contribution is 14.1. The molecule has 0 amide bonds. The number of rotatable bonds is 1. The fourth-order valence-corrected chi connectivity index (χ4v) is 3.18. The highest BCUT2D eigenvalue weighted by Gasteiger charge is 2.20. The molecule has 1 aliphatic rings. The molecule has 1 saturated heterocycles. The zero-order chi connectivity index (χ0) is 9.42. The molecule has 1 heterocycles. The molecule has 2 rings (SSSR count). The third-order valence-corrected chi connectivity index (χ3v) is 3.91. The van der Waals surface area contributed by atoms with Crippen LogP contribution in [-0.4, -0.2) is 11.7 Å². The van der Waals surface area contributed by atoms with Gasteiger partial charge in [0.1, 0.15) is 5.75 Å². The van der Waals surface area contributed by atoms with Crippen molar-refractivity contribution in [2.24, 2.45) is 0 Å². The van der Waals surface area contributed by atoms with E-state index in [0.29, 0.717) is 11.8 Å². The normalized spacial score (nSPS) is 19.7. The molecule has 0 spiro atoms. The Bertz CT molecular complexity index is 319. The Hall–Kier alpha value is 0.730. The molecule has 78 valence electrons. The molecule has 0 unspecified atom stereocenters. The van der Waals surface area contributed by atoms with Crippen molar-refractivity contribution in [2.75, 3.05) is 6.54 Å². The summed E-state index contributed by atoms with van der Waals surface area (Å²) >= 11 is 4.33. The maximum Gasteiger partial charge on any atom is 0.142 e. The van der Waals surface area contributed by atoms with Crippen molar-refractivity contribution in [1.29, 1.82) is 0 Å². The molecule has 0 bridgehead atoms. The third kappa shape index (κ3) is 2.45. The van der Waals surface area contributed by atoms with E-state index in [1.54, 1.807) is 0 Å². The maximum absolute atomic E-state index is 9.57. The second kappa shape index (κ2) is 5.18. The Balaban J connectivity index is 0.000000980. The summed E-state index contributed by atoms with van der Waals surface area (Å²) in [4.78, 5) is 0. The van der Waals surface area contributed by atoms with Gasteiger partial charge in [-0.2, -0.15) is 0 Å². The lowest BCUT2D eigenvalue weighted by atomic mass is 9.98. The van der Waals surface area contributed by atoms with Crippen LogP contribution in [-0.2, 0) is 0 Å². The third-order valence-electron chi connectivity index (χ3n) is 2.27. The first-order valence-electron chi connectivity index (χ1n) is 4.10. The highest BCUT2D eigenvalue weighted by Crippen LogP contribution is 2.32. The lowest BCUT2D eigenvalue weighted by molar-refractivity contribution is 0.382. The van der Waals surface area contributed by atoms with Gasteiger partial charge < -0.3 is 10.4 Å². The molecule has 1 atom stereocenters. The number of aromatic hydroxyl groups is 1. The van der Waals surface area contributed by atoms with E-state index in [2.05, 4.69) is 62.6 Å². The van der Waals surface area contributed by atoms with Gasteiger partial charge in [0.15, 0.2) is 0 Å². The summed E-state index contributed by atoms with van der Waals surface area (Å²) in [5.41, 5.74) is 1.29. The van der Waals surface area contributed by atoms with E-state index < -0.39 is 0 Å². The van der Waals surface area contributed by atoms with E-state index in [9.17, 15) is 5.11 Å². The molecule has 0 saturated carbocycles. The summed E-state index contributed by atoms with van der Waals surface area (Å²) in [6.07, 6.45) is 1.21. The lowest BCUT2D eigenvalue weighted by Gasteiger charge is -2.28. The van der Waals surface area contributed by atoms with Crippen LogP contribution in [0.15, 0.2) is 12.1 Å². The van der Waals surface area contributed by atoms with Crippen molar-refractivity contribution in [3.05, 3.63) is 24.8 Å². The number of hydrogen-bond donors (Lipinski definition) is 2. The maximum atomic E-state index is 9.57. The fraction of sp³-hybridized carbons (Fsp3) is 0.333. The van der Waals surface area contributed by atoms with Crippen LogP contribution in [0.4, 0.5) is 0 Å². The molecule has 5 heteroatoms. The van der Waals surface area contributed by atoms with Gasteiger partial charge in [-0.1, -0.05) is 0 Å². The number of benzene rings is 1. The summed E-state index contributed by atoms with van der Waals surface area (Å²) in [5.74, 6) is 0.407. The van der Waals surface area contributed by atoms with Crippen molar-refractivity contribution in [2.45, 2.75) is 12.5 Å². The Labute approximate surface area is 117 Å². The van der Waals surface area contributed by atoms with Crippen LogP contribution < -0.4 is 5.32 Å². The van der Waals surface area contributed by atoms with Gasteiger partial charge in [0.2, 0.25) is 0 Å². The molecule has 1 aliphatic heterocycles. The van der Waals surface area contributed by atoms with Gasteiger partial charge in [-0.15, -0.1) is 12.4 Å². The Morgan fingerprint density at radius 2 is 1.79 bits per heavy atom. The number of halogens is 3. The average Bonchev–Trinajstić information content (AvgIpc) is 1.96. The summed E-state index contributed by atoms with van der Waals surface area (Å²) in [6, 6.07) is 4.60. The largest absolute Gasteiger partial charge is 0.506 e. The van der Waals surface area contributed by atoms with Crippen molar-refractivity contribution in [3.63, 3.8) is 0 Å². The topological polar surface area (TPSA) is 32.3 Å². The molecule has 0 aliphatic carbocycles. The fourth-order valence-electron chi connectivity index (χ4n) is 1.36. The minimum atomic E-state index is 0. The number of hydrogen-bond acceptors (Lipinski definition) is 2. The van der Waals surface area contributed by atoms with Gasteiger partial charge in [0, 0.05) is 6.04 Å². The Morgan fingerprint density at radius 3 is 2.14 bits per heavy atom. The van der Waals surface area contributed by atoms with E-state index in [4.69, 9.17) is 0 Å². The molecular weight excluding hydrogens is 427 g/mol.